The highest BCUT2D eigenvalue weighted by atomic mass is 79.9. The van der Waals surface area contributed by atoms with Gasteiger partial charge >= 0.3 is 0 Å². The van der Waals surface area contributed by atoms with Crippen molar-refractivity contribution in [2.75, 3.05) is 26.2 Å². The van der Waals surface area contributed by atoms with Crippen molar-refractivity contribution in [2.24, 2.45) is 5.10 Å². The highest BCUT2D eigenvalue weighted by molar-refractivity contribution is 9.10. The summed E-state index contributed by atoms with van der Waals surface area (Å²) in [7, 11) is 0. The van der Waals surface area contributed by atoms with E-state index in [1.807, 2.05) is 12.1 Å². The number of halogens is 1. The molecule has 126 valence electrons. The van der Waals surface area contributed by atoms with Crippen LogP contribution in [-0.4, -0.2) is 47.4 Å². The Morgan fingerprint density at radius 3 is 2.50 bits per heavy atom. The van der Waals surface area contributed by atoms with Crippen LogP contribution in [0.4, 0.5) is 0 Å². The lowest BCUT2D eigenvalue weighted by Gasteiger charge is -2.33. The molecular formula is C19H22BrN3O. The Kier molecular flexibility index (Phi) is 5.53. The van der Waals surface area contributed by atoms with Gasteiger partial charge in [-0.25, -0.2) is 0 Å². The van der Waals surface area contributed by atoms with E-state index in [2.05, 4.69) is 62.1 Å². The third kappa shape index (κ3) is 4.58. The lowest BCUT2D eigenvalue weighted by molar-refractivity contribution is 0.131. The predicted octanol–water partition coefficient (Wildman–Crippen LogP) is 3.61. The minimum atomic E-state index is 0.250. The summed E-state index contributed by atoms with van der Waals surface area (Å²) in [5, 5.41) is 16.4. The van der Waals surface area contributed by atoms with E-state index in [0.29, 0.717) is 0 Å². The summed E-state index contributed by atoms with van der Waals surface area (Å²) in [6, 6.07) is 14.1. The number of rotatable bonds is 4. The molecule has 5 heteroatoms. The Balaban J connectivity index is 1.52. The van der Waals surface area contributed by atoms with E-state index in [1.54, 1.807) is 12.3 Å². The molecule has 0 aromatic heterocycles. The van der Waals surface area contributed by atoms with Crippen molar-refractivity contribution in [3.63, 3.8) is 0 Å². The predicted molar refractivity (Wildman–Crippen MR) is 101 cm³/mol. The second kappa shape index (κ2) is 7.81. The Morgan fingerprint density at radius 2 is 1.79 bits per heavy atom. The maximum atomic E-state index is 9.85. The number of nitrogens with zero attached hydrogens (tertiary/aromatic N) is 3. The molecule has 1 aliphatic rings. The molecule has 2 aromatic rings. The molecule has 0 unspecified atom stereocenters. The highest BCUT2D eigenvalue weighted by Crippen LogP contribution is 2.20. The van der Waals surface area contributed by atoms with Gasteiger partial charge in [0.25, 0.3) is 0 Å². The number of phenols is 1. The molecule has 1 saturated heterocycles. The second-order valence-corrected chi connectivity index (χ2v) is 7.08. The summed E-state index contributed by atoms with van der Waals surface area (Å²) < 4.78 is 0.935. The first-order valence-electron chi connectivity index (χ1n) is 8.15. The SMILES string of the molecule is Cc1ccc(CN2CCN(/N=C/c3cc(Br)ccc3O)CC2)cc1. The minimum absolute atomic E-state index is 0.250. The number of hydrogen-bond acceptors (Lipinski definition) is 4. The minimum Gasteiger partial charge on any atom is -0.507 e. The van der Waals surface area contributed by atoms with Crippen LogP contribution in [0.5, 0.6) is 5.75 Å². The van der Waals surface area contributed by atoms with Crippen molar-refractivity contribution in [1.82, 2.24) is 9.91 Å². The van der Waals surface area contributed by atoms with E-state index < -0.39 is 0 Å². The van der Waals surface area contributed by atoms with Gasteiger partial charge in [0.15, 0.2) is 0 Å². The van der Waals surface area contributed by atoms with E-state index in [0.717, 1.165) is 42.8 Å². The molecule has 0 atom stereocenters. The highest BCUT2D eigenvalue weighted by Gasteiger charge is 2.15. The van der Waals surface area contributed by atoms with Gasteiger partial charge in [0.1, 0.15) is 5.75 Å². The van der Waals surface area contributed by atoms with Crippen molar-refractivity contribution in [2.45, 2.75) is 13.5 Å². The Morgan fingerprint density at radius 1 is 1.08 bits per heavy atom. The van der Waals surface area contributed by atoms with E-state index in [1.165, 1.54) is 11.1 Å². The topological polar surface area (TPSA) is 39.1 Å². The van der Waals surface area contributed by atoms with Crippen LogP contribution in [0, 0.1) is 6.92 Å². The number of aryl methyl sites for hydroxylation is 1. The van der Waals surface area contributed by atoms with Gasteiger partial charge in [0, 0.05) is 42.8 Å². The number of hydrazone groups is 1. The third-order valence-corrected chi connectivity index (χ3v) is 4.72. The molecule has 1 aliphatic heterocycles. The van der Waals surface area contributed by atoms with Crippen LogP contribution in [0.3, 0.4) is 0 Å². The van der Waals surface area contributed by atoms with Crippen molar-refractivity contribution in [3.8, 4) is 5.75 Å². The first-order valence-corrected chi connectivity index (χ1v) is 8.95. The lowest BCUT2D eigenvalue weighted by Crippen LogP contribution is -2.43. The molecule has 4 nitrogen and oxygen atoms in total. The van der Waals surface area contributed by atoms with E-state index in [-0.39, 0.29) is 5.75 Å². The van der Waals surface area contributed by atoms with Gasteiger partial charge in [0.2, 0.25) is 0 Å². The maximum Gasteiger partial charge on any atom is 0.124 e. The monoisotopic (exact) mass is 387 g/mol. The van der Waals surface area contributed by atoms with Crippen molar-refractivity contribution < 1.29 is 5.11 Å². The van der Waals surface area contributed by atoms with Crippen LogP contribution in [0.15, 0.2) is 52.0 Å². The molecule has 1 fully saturated rings. The van der Waals surface area contributed by atoms with E-state index in [9.17, 15) is 5.11 Å². The van der Waals surface area contributed by atoms with Gasteiger partial charge in [-0.1, -0.05) is 45.8 Å². The Labute approximate surface area is 151 Å². The Bertz CT molecular complexity index is 707. The molecule has 0 amide bonds. The molecule has 24 heavy (non-hydrogen) atoms. The summed E-state index contributed by atoms with van der Waals surface area (Å²) in [6.45, 7) is 6.90. The third-order valence-electron chi connectivity index (χ3n) is 4.23. The summed E-state index contributed by atoms with van der Waals surface area (Å²) in [4.78, 5) is 2.45. The number of phenolic OH excluding ortho intramolecular Hbond substituents is 1. The zero-order chi connectivity index (χ0) is 16.9. The largest absolute Gasteiger partial charge is 0.507 e. The van der Waals surface area contributed by atoms with Gasteiger partial charge < -0.3 is 5.11 Å². The molecule has 0 spiro atoms. The molecule has 1 heterocycles. The summed E-state index contributed by atoms with van der Waals surface area (Å²) in [6.07, 6.45) is 1.73. The van der Waals surface area contributed by atoms with Gasteiger partial charge in [-0.15, -0.1) is 0 Å². The zero-order valence-corrected chi connectivity index (χ0v) is 15.4. The zero-order valence-electron chi connectivity index (χ0n) is 13.8. The summed E-state index contributed by atoms with van der Waals surface area (Å²) in [5.41, 5.74) is 3.39. The van der Waals surface area contributed by atoms with E-state index in [4.69, 9.17) is 0 Å². The molecule has 1 N–H and O–H groups in total. The maximum absolute atomic E-state index is 9.85. The fourth-order valence-corrected chi connectivity index (χ4v) is 3.11. The van der Waals surface area contributed by atoms with Crippen LogP contribution < -0.4 is 0 Å². The lowest BCUT2D eigenvalue weighted by atomic mass is 10.1. The van der Waals surface area contributed by atoms with Crippen LogP contribution in [0.1, 0.15) is 16.7 Å². The van der Waals surface area contributed by atoms with Gasteiger partial charge in [-0.3, -0.25) is 9.91 Å². The second-order valence-electron chi connectivity index (χ2n) is 6.16. The average molecular weight is 388 g/mol. The Hall–Kier alpha value is -1.85. The van der Waals surface area contributed by atoms with Crippen molar-refractivity contribution >= 4 is 22.1 Å². The molecule has 0 saturated carbocycles. The quantitative estimate of drug-likeness (QED) is 0.814. The molecule has 0 bridgehead atoms. The van der Waals surface area contributed by atoms with Gasteiger partial charge in [0.05, 0.1) is 6.21 Å². The number of piperazine rings is 1. The van der Waals surface area contributed by atoms with Crippen molar-refractivity contribution in [1.29, 1.82) is 0 Å². The van der Waals surface area contributed by atoms with Gasteiger partial charge in [-0.2, -0.15) is 5.10 Å². The summed E-state index contributed by atoms with van der Waals surface area (Å²) >= 11 is 3.41. The molecule has 3 rings (SSSR count). The summed E-state index contributed by atoms with van der Waals surface area (Å²) in [5.74, 6) is 0.250. The number of aromatic hydroxyl groups is 1. The van der Waals surface area contributed by atoms with Crippen molar-refractivity contribution in [3.05, 3.63) is 63.6 Å². The number of benzene rings is 2. The molecule has 0 aliphatic carbocycles. The average Bonchev–Trinajstić information content (AvgIpc) is 2.59. The normalized spacial score (nSPS) is 16.0. The van der Waals surface area contributed by atoms with Crippen LogP contribution in [-0.2, 0) is 6.54 Å². The van der Waals surface area contributed by atoms with Crippen LogP contribution >= 0.6 is 15.9 Å². The smallest absolute Gasteiger partial charge is 0.124 e. The first kappa shape index (κ1) is 17.0. The first-order chi connectivity index (χ1) is 11.6. The standard InChI is InChI=1S/C19H22BrN3O/c1-15-2-4-16(5-3-15)14-22-8-10-23(11-9-22)21-13-17-12-18(20)6-7-19(17)24/h2-7,12-13,24H,8-11,14H2,1H3/b21-13+. The fraction of sp³-hybridized carbons (Fsp3) is 0.316. The van der Waals surface area contributed by atoms with Gasteiger partial charge in [-0.05, 0) is 30.7 Å². The fourth-order valence-electron chi connectivity index (χ4n) is 2.74. The number of hydrogen-bond donors (Lipinski definition) is 1. The van der Waals surface area contributed by atoms with Crippen LogP contribution in [0.25, 0.3) is 0 Å². The molecule has 2 aromatic carbocycles. The van der Waals surface area contributed by atoms with Crippen LogP contribution in [0.2, 0.25) is 0 Å². The van der Waals surface area contributed by atoms with E-state index >= 15 is 0 Å². The molecule has 0 radical (unpaired) electrons. The molecular weight excluding hydrogens is 366 g/mol.